The molecule has 16 heavy (non-hydrogen) atoms. The molecule has 3 heteroatoms. The number of hydrogen-bond donors (Lipinski definition) is 0. The van der Waals surface area contributed by atoms with Gasteiger partial charge in [-0.3, -0.25) is 4.21 Å². The Morgan fingerprint density at radius 2 is 2.06 bits per heavy atom. The molecule has 0 heterocycles. The van der Waals surface area contributed by atoms with Crippen LogP contribution in [0.3, 0.4) is 0 Å². The highest BCUT2D eigenvalue weighted by Crippen LogP contribution is 2.14. The van der Waals surface area contributed by atoms with Gasteiger partial charge >= 0.3 is 0 Å². The number of benzene rings is 1. The summed E-state index contributed by atoms with van der Waals surface area (Å²) in [5.74, 6) is 0. The zero-order valence-electron chi connectivity index (χ0n) is 9.73. The second-order valence-corrected chi connectivity index (χ2v) is 6.54. The van der Waals surface area contributed by atoms with Gasteiger partial charge in [-0.25, -0.2) is 0 Å². The molecule has 1 aromatic carbocycles. The Morgan fingerprint density at radius 1 is 1.38 bits per heavy atom. The standard InChI is InChI=1S/C13H15NOS/c1-13(2,3)16(15)8-7-11-5-4-6-12(9-11)10-14/h4-9H,1-3H3/b8-7+/t16-/m1/s1. The summed E-state index contributed by atoms with van der Waals surface area (Å²) in [6.45, 7) is 5.79. The van der Waals surface area contributed by atoms with Crippen molar-refractivity contribution in [3.63, 3.8) is 0 Å². The van der Waals surface area contributed by atoms with Crippen LogP contribution in [0.2, 0.25) is 0 Å². The minimum absolute atomic E-state index is 0.247. The van der Waals surface area contributed by atoms with Crippen LogP contribution >= 0.6 is 0 Å². The first-order chi connectivity index (χ1) is 7.43. The molecule has 0 saturated heterocycles. The lowest BCUT2D eigenvalue weighted by atomic mass is 10.1. The maximum Gasteiger partial charge on any atom is 0.0991 e. The van der Waals surface area contributed by atoms with Gasteiger partial charge in [-0.15, -0.1) is 0 Å². The molecule has 0 spiro atoms. The van der Waals surface area contributed by atoms with Gasteiger partial charge in [-0.05, 0) is 44.5 Å². The van der Waals surface area contributed by atoms with Gasteiger partial charge in [0.05, 0.1) is 22.4 Å². The van der Waals surface area contributed by atoms with E-state index in [0.29, 0.717) is 5.56 Å². The van der Waals surface area contributed by atoms with Crippen LogP contribution in [0.5, 0.6) is 0 Å². The van der Waals surface area contributed by atoms with Gasteiger partial charge in [0.2, 0.25) is 0 Å². The molecular formula is C13H15NOS. The first kappa shape index (κ1) is 12.7. The van der Waals surface area contributed by atoms with Gasteiger partial charge in [0.1, 0.15) is 0 Å². The van der Waals surface area contributed by atoms with E-state index in [9.17, 15) is 4.21 Å². The van der Waals surface area contributed by atoms with Crippen molar-refractivity contribution in [2.75, 3.05) is 0 Å². The molecule has 0 aromatic heterocycles. The SMILES string of the molecule is CC(C)(C)[S@](=O)/C=C/c1cccc(C#N)c1. The van der Waals surface area contributed by atoms with Crippen molar-refractivity contribution < 1.29 is 4.21 Å². The van der Waals surface area contributed by atoms with Gasteiger partial charge in [0.25, 0.3) is 0 Å². The Morgan fingerprint density at radius 3 is 2.62 bits per heavy atom. The Labute approximate surface area is 99.1 Å². The van der Waals surface area contributed by atoms with Crippen molar-refractivity contribution in [2.45, 2.75) is 25.5 Å². The summed E-state index contributed by atoms with van der Waals surface area (Å²) >= 11 is 0. The van der Waals surface area contributed by atoms with Crippen LogP contribution in [-0.4, -0.2) is 8.96 Å². The molecule has 0 fully saturated rings. The molecule has 1 rings (SSSR count). The fraction of sp³-hybridized carbons (Fsp3) is 0.308. The molecule has 0 N–H and O–H groups in total. The molecule has 0 saturated carbocycles. The Balaban J connectivity index is 2.85. The average Bonchev–Trinajstić information content (AvgIpc) is 2.25. The van der Waals surface area contributed by atoms with Crippen LogP contribution in [0.1, 0.15) is 31.9 Å². The molecule has 0 unspecified atom stereocenters. The first-order valence-corrected chi connectivity index (χ1v) is 6.24. The molecule has 0 aliphatic rings. The number of hydrogen-bond acceptors (Lipinski definition) is 2. The van der Waals surface area contributed by atoms with E-state index in [1.54, 1.807) is 23.6 Å². The lowest BCUT2D eigenvalue weighted by molar-refractivity contribution is 0.656. The van der Waals surface area contributed by atoms with Crippen LogP contribution in [0.15, 0.2) is 29.7 Å². The normalized spacial score (nSPS) is 13.6. The third kappa shape index (κ3) is 3.63. The molecule has 1 aromatic rings. The topological polar surface area (TPSA) is 40.9 Å². The lowest BCUT2D eigenvalue weighted by Gasteiger charge is -2.13. The first-order valence-electron chi connectivity index (χ1n) is 5.02. The van der Waals surface area contributed by atoms with E-state index < -0.39 is 10.8 Å². The van der Waals surface area contributed by atoms with Crippen molar-refractivity contribution in [3.8, 4) is 6.07 Å². The summed E-state index contributed by atoms with van der Waals surface area (Å²) < 4.78 is 11.5. The van der Waals surface area contributed by atoms with E-state index in [1.165, 1.54) is 0 Å². The highest BCUT2D eigenvalue weighted by molar-refractivity contribution is 7.89. The third-order valence-corrected chi connectivity index (χ3v) is 3.59. The zero-order chi connectivity index (χ0) is 12.2. The third-order valence-electron chi connectivity index (χ3n) is 2.00. The summed E-state index contributed by atoms with van der Waals surface area (Å²) in [4.78, 5) is 0. The smallest absolute Gasteiger partial charge is 0.0991 e. The van der Waals surface area contributed by atoms with E-state index in [0.717, 1.165) is 5.56 Å². The maximum absolute atomic E-state index is 11.8. The highest BCUT2D eigenvalue weighted by Gasteiger charge is 2.16. The molecule has 2 nitrogen and oxygen atoms in total. The van der Waals surface area contributed by atoms with Crippen LogP contribution < -0.4 is 0 Å². The Bertz CT molecular complexity index is 464. The Kier molecular flexibility index (Phi) is 4.03. The van der Waals surface area contributed by atoms with Gasteiger partial charge in [-0.1, -0.05) is 12.1 Å². The highest BCUT2D eigenvalue weighted by atomic mass is 32.2. The maximum atomic E-state index is 11.8. The van der Waals surface area contributed by atoms with Crippen molar-refractivity contribution in [3.05, 3.63) is 40.8 Å². The lowest BCUT2D eigenvalue weighted by Crippen LogP contribution is -2.19. The molecule has 1 atom stereocenters. The van der Waals surface area contributed by atoms with Crippen LogP contribution in [0.25, 0.3) is 6.08 Å². The minimum Gasteiger partial charge on any atom is -0.254 e. The molecule has 0 radical (unpaired) electrons. The monoisotopic (exact) mass is 233 g/mol. The molecule has 84 valence electrons. The minimum atomic E-state index is -1.01. The summed E-state index contributed by atoms with van der Waals surface area (Å²) in [6, 6.07) is 9.30. The zero-order valence-corrected chi connectivity index (χ0v) is 10.5. The summed E-state index contributed by atoms with van der Waals surface area (Å²) in [7, 11) is -1.01. The van der Waals surface area contributed by atoms with Crippen molar-refractivity contribution in [1.82, 2.24) is 0 Å². The molecule has 0 bridgehead atoms. The van der Waals surface area contributed by atoms with Crippen LogP contribution in [0.4, 0.5) is 0 Å². The van der Waals surface area contributed by atoms with E-state index in [4.69, 9.17) is 5.26 Å². The summed E-state index contributed by atoms with van der Waals surface area (Å²) in [6.07, 6.45) is 1.79. The number of nitrogens with zero attached hydrogens (tertiary/aromatic N) is 1. The Hall–Kier alpha value is -1.40. The predicted octanol–water partition coefficient (Wildman–Crippen LogP) is 3.08. The van der Waals surface area contributed by atoms with Crippen LogP contribution in [-0.2, 0) is 10.8 Å². The number of rotatable bonds is 2. The van der Waals surface area contributed by atoms with Gasteiger partial charge in [-0.2, -0.15) is 5.26 Å². The largest absolute Gasteiger partial charge is 0.254 e. The van der Waals surface area contributed by atoms with Gasteiger partial charge < -0.3 is 0 Å². The van der Waals surface area contributed by atoms with Crippen LogP contribution in [0, 0.1) is 11.3 Å². The molecule has 0 aliphatic carbocycles. The molecular weight excluding hydrogens is 218 g/mol. The molecule has 0 aliphatic heterocycles. The predicted molar refractivity (Wildman–Crippen MR) is 68.1 cm³/mol. The fourth-order valence-electron chi connectivity index (χ4n) is 1.06. The molecule has 0 amide bonds. The number of nitriles is 1. The van der Waals surface area contributed by atoms with Gasteiger partial charge in [0, 0.05) is 10.2 Å². The van der Waals surface area contributed by atoms with E-state index in [-0.39, 0.29) is 4.75 Å². The van der Waals surface area contributed by atoms with E-state index in [2.05, 4.69) is 6.07 Å². The average molecular weight is 233 g/mol. The quantitative estimate of drug-likeness (QED) is 0.787. The van der Waals surface area contributed by atoms with Crippen molar-refractivity contribution in [2.24, 2.45) is 0 Å². The second-order valence-electron chi connectivity index (χ2n) is 4.45. The summed E-state index contributed by atoms with van der Waals surface area (Å²) in [5.41, 5.74) is 1.51. The summed E-state index contributed by atoms with van der Waals surface area (Å²) in [5, 5.41) is 10.4. The van der Waals surface area contributed by atoms with Crippen molar-refractivity contribution in [1.29, 1.82) is 5.26 Å². The fourth-order valence-corrected chi connectivity index (χ4v) is 1.75. The van der Waals surface area contributed by atoms with Crippen molar-refractivity contribution >= 4 is 16.9 Å². The van der Waals surface area contributed by atoms with E-state index >= 15 is 0 Å². The van der Waals surface area contributed by atoms with E-state index in [1.807, 2.05) is 32.9 Å². The van der Waals surface area contributed by atoms with Gasteiger partial charge in [0.15, 0.2) is 0 Å². The second kappa shape index (κ2) is 5.09.